The molecule has 10 rings (SSSR count). The van der Waals surface area contributed by atoms with E-state index in [0.29, 0.717) is 6.61 Å². The molecule has 10 aromatic carbocycles. The summed E-state index contributed by atoms with van der Waals surface area (Å²) in [4.78, 5) is 9.08. The fourth-order valence-corrected chi connectivity index (χ4v) is 10.5. The number of benzene rings is 10. The minimum Gasteiger partial charge on any atom is -0.497 e. The van der Waals surface area contributed by atoms with Crippen LogP contribution in [0.4, 0.5) is 56.9 Å². The molecule has 8 heteroatoms. The number of hydrogen-bond acceptors (Lipinski definition) is 8. The highest BCUT2D eigenvalue weighted by Crippen LogP contribution is 2.41. The predicted octanol–water partition coefficient (Wildman–Crippen LogP) is 20.6. The quantitative estimate of drug-likeness (QED) is 0.0525. The molecule has 8 nitrogen and oxygen atoms in total. The third-order valence-electron chi connectivity index (χ3n) is 14.8. The van der Waals surface area contributed by atoms with Gasteiger partial charge < -0.3 is 38.5 Å². The smallest absolute Gasteiger partial charge is 0.119 e. The van der Waals surface area contributed by atoms with Crippen LogP contribution < -0.4 is 33.8 Å². The van der Waals surface area contributed by atoms with Crippen LogP contribution in [0.3, 0.4) is 0 Å². The summed E-state index contributed by atoms with van der Waals surface area (Å²) in [5.74, 6) is 2.41. The minimum absolute atomic E-state index is 0.529. The Labute approximate surface area is 508 Å². The van der Waals surface area contributed by atoms with Crippen molar-refractivity contribution in [2.75, 3.05) is 54.6 Å². The Hall–Kier alpha value is -10.5. The molecule has 0 N–H and O–H groups in total. The molecule has 0 unspecified atom stereocenters. The number of methoxy groups -OCH3 is 4. The van der Waals surface area contributed by atoms with E-state index in [-0.39, 0.29) is 0 Å². The molecule has 0 bridgehead atoms. The van der Waals surface area contributed by atoms with Crippen LogP contribution in [-0.2, 0) is 11.2 Å². The molecule has 0 aliphatic rings. The molecule has 0 radical (unpaired) electrons. The Morgan fingerprint density at radius 1 is 0.360 bits per heavy atom. The molecule has 428 valence electrons. The molecule has 0 aliphatic carbocycles. The van der Waals surface area contributed by atoms with Crippen molar-refractivity contribution in [3.05, 3.63) is 321 Å². The van der Waals surface area contributed by atoms with Crippen LogP contribution in [0.5, 0.6) is 17.2 Å². The van der Waals surface area contributed by atoms with Gasteiger partial charge in [-0.25, -0.2) is 0 Å². The number of hydrogen-bond donors (Lipinski definition) is 0. The van der Waals surface area contributed by atoms with Gasteiger partial charge in [0, 0.05) is 75.4 Å². The van der Waals surface area contributed by atoms with E-state index in [1.807, 2.05) is 54.6 Å². The lowest BCUT2D eigenvalue weighted by atomic mass is 10.0. The standard InChI is InChI=1S/C78H72N4O4/c1-7-17-64(79(73-46-52-76(84-4)53-47-73)74-48-54-77(85-5)55-49-74)24-15-19-59-26-36-68(37-27-59)81(66-20-11-9-12-21-66)70-40-30-61(31-41-70)63-34-44-72(45-35-63)82(67-22-13-10-14-23-67)71-42-32-62(33-43-71)60-28-38-69(39-29-60)80(65(18-8-2)25-16-58-83-3)75-50-56-78(86-6)57-51-75/h7,9-18,20-57H,1,8,19,58H2,2-6H3/b24-15-,25-16-,64-17+,65-18+. The van der Waals surface area contributed by atoms with Gasteiger partial charge in [-0.1, -0.05) is 135 Å². The largest absolute Gasteiger partial charge is 0.497 e. The van der Waals surface area contributed by atoms with Gasteiger partial charge in [0.1, 0.15) is 17.2 Å². The summed E-state index contributed by atoms with van der Waals surface area (Å²) in [7, 11) is 6.76. The molecule has 0 fully saturated rings. The summed E-state index contributed by atoms with van der Waals surface area (Å²) < 4.78 is 21.8. The second kappa shape index (κ2) is 29.1. The zero-order valence-corrected chi connectivity index (χ0v) is 49.5. The van der Waals surface area contributed by atoms with E-state index in [1.54, 1.807) is 28.4 Å². The van der Waals surface area contributed by atoms with E-state index in [1.165, 1.54) is 5.56 Å². The SMILES string of the molecule is C=C/C=C(\C=C/Cc1ccc(N(c2ccccc2)c2ccc(-c3ccc(N(c4ccccc4)c4ccc(-c5ccc(N(C(/C=C\COC)=C/CC)c6ccc(OC)cc6)cc5)cc4)cc3)cc2)cc1)N(c1ccc(OC)cc1)c1ccc(OC)cc1. The monoisotopic (exact) mass is 1130 g/mol. The second-order valence-electron chi connectivity index (χ2n) is 20.3. The first kappa shape index (κ1) is 58.6. The number of rotatable bonds is 25. The van der Waals surface area contributed by atoms with Crippen LogP contribution in [-0.4, -0.2) is 35.0 Å². The topological polar surface area (TPSA) is 49.9 Å². The maximum atomic E-state index is 5.49. The molecule has 0 aromatic heterocycles. The molecule has 0 amide bonds. The maximum Gasteiger partial charge on any atom is 0.119 e. The Kier molecular flexibility index (Phi) is 19.9. The first-order valence-corrected chi connectivity index (χ1v) is 29.0. The summed E-state index contributed by atoms with van der Waals surface area (Å²) in [5, 5.41) is 0. The average Bonchev–Trinajstić information content (AvgIpc) is 3.35. The van der Waals surface area contributed by atoms with Crippen LogP contribution in [0.1, 0.15) is 18.9 Å². The lowest BCUT2D eigenvalue weighted by molar-refractivity contribution is 0.234. The number of para-hydroxylation sites is 2. The molecule has 0 heterocycles. The third kappa shape index (κ3) is 14.3. The van der Waals surface area contributed by atoms with E-state index in [2.05, 4.69) is 276 Å². The lowest BCUT2D eigenvalue weighted by Gasteiger charge is -2.27. The molecule has 0 aliphatic heterocycles. The van der Waals surface area contributed by atoms with Gasteiger partial charge in [0.25, 0.3) is 0 Å². The summed E-state index contributed by atoms with van der Waals surface area (Å²) in [5.41, 5.74) is 18.2. The fourth-order valence-electron chi connectivity index (χ4n) is 10.5. The van der Waals surface area contributed by atoms with Crippen molar-refractivity contribution < 1.29 is 18.9 Å². The number of anilines is 10. The van der Waals surface area contributed by atoms with Gasteiger partial charge in [-0.15, -0.1) is 0 Å². The Bertz CT molecular complexity index is 3810. The van der Waals surface area contributed by atoms with Crippen LogP contribution >= 0.6 is 0 Å². The predicted molar refractivity (Wildman–Crippen MR) is 360 cm³/mol. The highest BCUT2D eigenvalue weighted by atomic mass is 16.5. The molecule has 0 saturated carbocycles. The van der Waals surface area contributed by atoms with Gasteiger partial charge in [-0.3, -0.25) is 0 Å². The second-order valence-corrected chi connectivity index (χ2v) is 20.3. The molecule has 86 heavy (non-hydrogen) atoms. The maximum absolute atomic E-state index is 5.49. The molecule has 10 aromatic rings. The van der Waals surface area contributed by atoms with E-state index in [9.17, 15) is 0 Å². The van der Waals surface area contributed by atoms with E-state index >= 15 is 0 Å². The van der Waals surface area contributed by atoms with Crippen molar-refractivity contribution >= 4 is 56.9 Å². The normalized spacial score (nSPS) is 11.6. The summed E-state index contributed by atoms with van der Waals surface area (Å²) in [6, 6.07) is 89.6. The first-order valence-electron chi connectivity index (χ1n) is 29.0. The number of nitrogens with zero attached hydrogens (tertiary/aromatic N) is 4. The van der Waals surface area contributed by atoms with Crippen LogP contribution in [0.15, 0.2) is 315 Å². The van der Waals surface area contributed by atoms with Crippen molar-refractivity contribution in [2.24, 2.45) is 0 Å². The van der Waals surface area contributed by atoms with Gasteiger partial charge in [-0.05, 0) is 217 Å². The average molecular weight is 1130 g/mol. The molecular formula is C78H72N4O4. The number of allylic oxidation sites excluding steroid dienone is 6. The zero-order chi connectivity index (χ0) is 59.5. The van der Waals surface area contributed by atoms with E-state index < -0.39 is 0 Å². The van der Waals surface area contributed by atoms with Crippen LogP contribution in [0, 0.1) is 0 Å². The Balaban J connectivity index is 0.856. The highest BCUT2D eigenvalue weighted by molar-refractivity contribution is 5.83. The number of ether oxygens (including phenoxy) is 4. The summed E-state index contributed by atoms with van der Waals surface area (Å²) in [6.07, 6.45) is 16.2. The molecule has 0 atom stereocenters. The van der Waals surface area contributed by atoms with Crippen molar-refractivity contribution in [1.82, 2.24) is 0 Å². The van der Waals surface area contributed by atoms with Gasteiger partial charge in [-0.2, -0.15) is 0 Å². The Morgan fingerprint density at radius 3 is 1.01 bits per heavy atom. The molecule has 0 saturated heterocycles. The van der Waals surface area contributed by atoms with Gasteiger partial charge in [0.2, 0.25) is 0 Å². The fraction of sp³-hybridized carbons (Fsp3) is 0.103. The van der Waals surface area contributed by atoms with Crippen molar-refractivity contribution in [3.8, 4) is 39.5 Å². The minimum atomic E-state index is 0.529. The van der Waals surface area contributed by atoms with E-state index in [0.717, 1.165) is 121 Å². The van der Waals surface area contributed by atoms with Crippen molar-refractivity contribution in [1.29, 1.82) is 0 Å². The van der Waals surface area contributed by atoms with Gasteiger partial charge in [0.15, 0.2) is 0 Å². The summed E-state index contributed by atoms with van der Waals surface area (Å²) >= 11 is 0. The van der Waals surface area contributed by atoms with Crippen molar-refractivity contribution in [2.45, 2.75) is 19.8 Å². The van der Waals surface area contributed by atoms with Crippen molar-refractivity contribution in [3.63, 3.8) is 0 Å². The zero-order valence-electron chi connectivity index (χ0n) is 49.5. The van der Waals surface area contributed by atoms with Gasteiger partial charge >= 0.3 is 0 Å². The van der Waals surface area contributed by atoms with Crippen LogP contribution in [0.2, 0.25) is 0 Å². The van der Waals surface area contributed by atoms with E-state index in [4.69, 9.17) is 18.9 Å². The first-order chi connectivity index (χ1) is 42.4. The van der Waals surface area contributed by atoms with Crippen LogP contribution in [0.25, 0.3) is 22.3 Å². The highest BCUT2D eigenvalue weighted by Gasteiger charge is 2.18. The van der Waals surface area contributed by atoms with Gasteiger partial charge in [0.05, 0.1) is 27.9 Å². The lowest BCUT2D eigenvalue weighted by Crippen LogP contribution is -2.15. The summed E-state index contributed by atoms with van der Waals surface area (Å²) in [6.45, 7) is 6.74. The third-order valence-corrected chi connectivity index (χ3v) is 14.8. The molecule has 0 spiro atoms. The molecular weight excluding hydrogens is 1060 g/mol. The Morgan fingerprint density at radius 2 is 0.674 bits per heavy atom.